The zero-order valence-electron chi connectivity index (χ0n) is 20.2. The Morgan fingerprint density at radius 2 is 1.80 bits per heavy atom. The van der Waals surface area contributed by atoms with E-state index in [9.17, 15) is 9.59 Å². The van der Waals surface area contributed by atoms with E-state index in [-0.39, 0.29) is 11.8 Å². The zero-order valence-corrected chi connectivity index (χ0v) is 20.2. The summed E-state index contributed by atoms with van der Waals surface area (Å²) in [5, 5.41) is 0. The normalized spacial score (nSPS) is 40.3. The molecule has 0 bridgehead atoms. The molecule has 0 aromatic carbocycles. The molecule has 0 saturated heterocycles. The molecule has 0 radical (unpaired) electrons. The summed E-state index contributed by atoms with van der Waals surface area (Å²) < 4.78 is 0. The number of Topliss-reactive ketones (excluding diaryl/α,β-unsaturated/α-hetero) is 1. The van der Waals surface area contributed by atoms with Crippen LogP contribution in [0.5, 0.6) is 0 Å². The van der Waals surface area contributed by atoms with E-state index in [0.29, 0.717) is 28.4 Å². The molecule has 1 amide bonds. The molecule has 3 heteroatoms. The van der Waals surface area contributed by atoms with E-state index >= 15 is 0 Å². The van der Waals surface area contributed by atoms with Crippen molar-refractivity contribution in [3.05, 3.63) is 11.1 Å². The van der Waals surface area contributed by atoms with Gasteiger partial charge in [-0.2, -0.15) is 0 Å². The topological polar surface area (TPSA) is 37.4 Å². The quantitative estimate of drug-likeness (QED) is 0.528. The lowest BCUT2D eigenvalue weighted by atomic mass is 9.50. The Morgan fingerprint density at radius 1 is 1.07 bits per heavy atom. The number of hydrogen-bond donors (Lipinski definition) is 0. The molecule has 168 valence electrons. The molecule has 0 aliphatic heterocycles. The van der Waals surface area contributed by atoms with Crippen molar-refractivity contribution in [1.82, 2.24) is 4.90 Å². The molecule has 30 heavy (non-hydrogen) atoms. The highest BCUT2D eigenvalue weighted by molar-refractivity contribution is 5.80. The first-order valence-corrected chi connectivity index (χ1v) is 12.5. The summed E-state index contributed by atoms with van der Waals surface area (Å²) in [7, 11) is 3.75. The SMILES string of the molecule is CC(C[C@@H](C)[C@H]1CC[C@H]2C3=C(CC[C@]12C)[C@@]1(C)CCC(=O)CC1CC3)C(=O)N(C)C. The Kier molecular flexibility index (Phi) is 5.73. The van der Waals surface area contributed by atoms with Gasteiger partial charge < -0.3 is 4.90 Å². The van der Waals surface area contributed by atoms with Crippen LogP contribution in [0.15, 0.2) is 11.1 Å². The van der Waals surface area contributed by atoms with E-state index in [2.05, 4.69) is 27.7 Å². The largest absolute Gasteiger partial charge is 0.349 e. The Labute approximate surface area is 184 Å². The third kappa shape index (κ3) is 3.39. The molecule has 2 unspecified atom stereocenters. The van der Waals surface area contributed by atoms with Gasteiger partial charge in [0.25, 0.3) is 0 Å². The molecular formula is C27H43NO2. The highest BCUT2D eigenvalue weighted by Crippen LogP contribution is 2.65. The number of rotatable bonds is 4. The fourth-order valence-electron chi connectivity index (χ4n) is 8.49. The Morgan fingerprint density at radius 3 is 2.50 bits per heavy atom. The molecule has 3 nitrogen and oxygen atoms in total. The lowest BCUT2D eigenvalue weighted by Gasteiger charge is -2.54. The minimum absolute atomic E-state index is 0.116. The number of nitrogens with zero attached hydrogens (tertiary/aromatic N) is 1. The van der Waals surface area contributed by atoms with Crippen LogP contribution < -0.4 is 0 Å². The summed E-state index contributed by atoms with van der Waals surface area (Å²) in [5.74, 6) is 3.55. The van der Waals surface area contributed by atoms with Gasteiger partial charge in [-0.1, -0.05) is 38.8 Å². The van der Waals surface area contributed by atoms with Gasteiger partial charge in [-0.05, 0) is 85.9 Å². The van der Waals surface area contributed by atoms with Crippen LogP contribution in [0.1, 0.15) is 91.9 Å². The fourth-order valence-corrected chi connectivity index (χ4v) is 8.49. The van der Waals surface area contributed by atoms with Gasteiger partial charge in [0.05, 0.1) is 0 Å². The van der Waals surface area contributed by atoms with Crippen LogP contribution in [0.4, 0.5) is 0 Å². The minimum atomic E-state index is 0.116. The van der Waals surface area contributed by atoms with Gasteiger partial charge in [-0.15, -0.1) is 0 Å². The highest BCUT2D eigenvalue weighted by Gasteiger charge is 2.55. The predicted octanol–water partition coefficient (Wildman–Crippen LogP) is 6.03. The van der Waals surface area contributed by atoms with Crippen molar-refractivity contribution in [2.75, 3.05) is 14.1 Å². The second-order valence-electron chi connectivity index (χ2n) is 12.0. The number of ketones is 1. The smallest absolute Gasteiger partial charge is 0.224 e. The molecule has 4 aliphatic carbocycles. The van der Waals surface area contributed by atoms with Crippen LogP contribution in [0.2, 0.25) is 0 Å². The molecule has 4 rings (SSSR count). The first-order chi connectivity index (χ1) is 14.1. The van der Waals surface area contributed by atoms with Crippen molar-refractivity contribution >= 4 is 11.7 Å². The number of allylic oxidation sites excluding steroid dienone is 2. The molecule has 0 N–H and O–H groups in total. The van der Waals surface area contributed by atoms with Crippen molar-refractivity contribution in [1.29, 1.82) is 0 Å². The van der Waals surface area contributed by atoms with Crippen molar-refractivity contribution in [2.45, 2.75) is 91.9 Å². The van der Waals surface area contributed by atoms with E-state index in [1.807, 2.05) is 19.7 Å². The summed E-state index contributed by atoms with van der Waals surface area (Å²) in [5.41, 5.74) is 4.27. The molecule has 0 heterocycles. The van der Waals surface area contributed by atoms with Gasteiger partial charge in [0.2, 0.25) is 5.91 Å². The van der Waals surface area contributed by atoms with E-state index < -0.39 is 0 Å². The zero-order chi connectivity index (χ0) is 21.8. The maximum absolute atomic E-state index is 12.4. The van der Waals surface area contributed by atoms with E-state index in [0.717, 1.165) is 37.5 Å². The monoisotopic (exact) mass is 413 g/mol. The first kappa shape index (κ1) is 22.1. The second kappa shape index (κ2) is 7.78. The third-order valence-electron chi connectivity index (χ3n) is 10.2. The van der Waals surface area contributed by atoms with Gasteiger partial charge in [0, 0.05) is 32.9 Å². The maximum atomic E-state index is 12.4. The van der Waals surface area contributed by atoms with Gasteiger partial charge in [0.15, 0.2) is 0 Å². The molecule has 7 atom stereocenters. The van der Waals surface area contributed by atoms with Crippen LogP contribution in [-0.4, -0.2) is 30.7 Å². The van der Waals surface area contributed by atoms with Crippen molar-refractivity contribution < 1.29 is 9.59 Å². The van der Waals surface area contributed by atoms with Gasteiger partial charge in [-0.3, -0.25) is 9.59 Å². The van der Waals surface area contributed by atoms with E-state index in [1.165, 1.54) is 38.5 Å². The number of carbonyl (C=O) groups excluding carboxylic acids is 2. The summed E-state index contributed by atoms with van der Waals surface area (Å²) in [6, 6.07) is 0. The van der Waals surface area contributed by atoms with Crippen molar-refractivity contribution in [2.24, 2.45) is 40.4 Å². The molecule has 2 fully saturated rings. The van der Waals surface area contributed by atoms with E-state index in [1.54, 1.807) is 10.5 Å². The standard InChI is InChI=1S/C27H43NO2/c1-17(15-18(2)25(30)28(5)6)22-9-10-23-21-8-7-19-16-20(29)11-13-26(19,3)24(21)12-14-27(22,23)4/h17-19,22-23H,7-16H2,1-6H3/t17-,18?,19?,22-,23+,26+,27-/m1/s1. The summed E-state index contributed by atoms with van der Waals surface area (Å²) in [6.07, 6.45) is 11.4. The van der Waals surface area contributed by atoms with Crippen LogP contribution >= 0.6 is 0 Å². The highest BCUT2D eigenvalue weighted by atomic mass is 16.2. The van der Waals surface area contributed by atoms with Gasteiger partial charge in [0.1, 0.15) is 5.78 Å². The Bertz CT molecular complexity index is 752. The molecular weight excluding hydrogens is 370 g/mol. The summed E-state index contributed by atoms with van der Waals surface area (Å²) in [4.78, 5) is 26.3. The van der Waals surface area contributed by atoms with E-state index in [4.69, 9.17) is 0 Å². The Hall–Kier alpha value is -1.12. The van der Waals surface area contributed by atoms with Crippen LogP contribution in [0.3, 0.4) is 0 Å². The Balaban J connectivity index is 1.55. The summed E-state index contributed by atoms with van der Waals surface area (Å²) in [6.45, 7) is 9.59. The number of hydrogen-bond acceptors (Lipinski definition) is 2. The lowest BCUT2D eigenvalue weighted by molar-refractivity contribution is -0.133. The van der Waals surface area contributed by atoms with Crippen LogP contribution in [-0.2, 0) is 9.59 Å². The third-order valence-corrected chi connectivity index (χ3v) is 10.2. The van der Waals surface area contributed by atoms with Crippen LogP contribution in [0, 0.1) is 40.4 Å². The average molecular weight is 414 g/mol. The number of carbonyl (C=O) groups is 2. The van der Waals surface area contributed by atoms with Crippen molar-refractivity contribution in [3.63, 3.8) is 0 Å². The molecule has 2 saturated carbocycles. The van der Waals surface area contributed by atoms with Crippen molar-refractivity contribution in [3.8, 4) is 0 Å². The average Bonchev–Trinajstić information content (AvgIpc) is 3.05. The fraction of sp³-hybridized carbons (Fsp3) is 0.852. The number of amides is 1. The number of fused-ring (bicyclic) bond motifs is 4. The minimum Gasteiger partial charge on any atom is -0.349 e. The van der Waals surface area contributed by atoms with Crippen LogP contribution in [0.25, 0.3) is 0 Å². The summed E-state index contributed by atoms with van der Waals surface area (Å²) >= 11 is 0. The maximum Gasteiger partial charge on any atom is 0.224 e. The second-order valence-corrected chi connectivity index (χ2v) is 12.0. The molecule has 0 aromatic rings. The predicted molar refractivity (Wildman–Crippen MR) is 122 cm³/mol. The molecule has 0 aromatic heterocycles. The first-order valence-electron chi connectivity index (χ1n) is 12.5. The van der Waals surface area contributed by atoms with Gasteiger partial charge >= 0.3 is 0 Å². The molecule has 4 aliphatic rings. The van der Waals surface area contributed by atoms with Gasteiger partial charge in [-0.25, -0.2) is 0 Å². The lowest BCUT2D eigenvalue weighted by Crippen LogP contribution is -2.45. The molecule has 0 spiro atoms.